The van der Waals surface area contributed by atoms with Gasteiger partial charge in [0.05, 0.1) is 30.4 Å². The summed E-state index contributed by atoms with van der Waals surface area (Å²) in [4.78, 5) is 14.2. The Morgan fingerprint density at radius 3 is 2.17 bits per heavy atom. The summed E-state index contributed by atoms with van der Waals surface area (Å²) in [5.41, 5.74) is -0.383. The number of nitrogens with zero attached hydrogens (tertiary/aromatic N) is 2. The van der Waals surface area contributed by atoms with Crippen LogP contribution in [0.1, 0.15) is 55.9 Å². The first-order valence-electron chi connectivity index (χ1n) is 13.4. The third-order valence-corrected chi connectivity index (χ3v) is 7.22. The number of nitriles is 1. The predicted molar refractivity (Wildman–Crippen MR) is 146 cm³/mol. The van der Waals surface area contributed by atoms with Gasteiger partial charge in [-0.15, -0.1) is 0 Å². The van der Waals surface area contributed by atoms with Crippen molar-refractivity contribution in [3.63, 3.8) is 0 Å². The zero-order chi connectivity index (χ0) is 30.7. The second-order valence-corrected chi connectivity index (χ2v) is 11.5. The lowest BCUT2D eigenvalue weighted by molar-refractivity contribution is -0.137. The van der Waals surface area contributed by atoms with E-state index in [1.165, 1.54) is 18.2 Å². The second kappa shape index (κ2) is 12.1. The smallest absolute Gasteiger partial charge is 0.416 e. The zero-order valence-electron chi connectivity index (χ0n) is 23.5. The number of halogens is 5. The monoisotopic (exact) mass is 586 g/mol. The molecule has 3 aromatic rings. The van der Waals surface area contributed by atoms with Crippen LogP contribution in [0.15, 0.2) is 60.7 Å². The number of alkyl halides is 3. The lowest BCUT2D eigenvalue weighted by atomic mass is 9.73. The van der Waals surface area contributed by atoms with Gasteiger partial charge >= 0.3 is 12.3 Å². The van der Waals surface area contributed by atoms with Crippen LogP contribution < -0.4 is 0 Å². The lowest BCUT2D eigenvalue weighted by Gasteiger charge is -2.42. The lowest BCUT2D eigenvalue weighted by Crippen LogP contribution is -2.48. The molecule has 1 heterocycles. The van der Waals surface area contributed by atoms with E-state index in [9.17, 15) is 26.7 Å². The minimum Gasteiger partial charge on any atom is -0.444 e. The number of hydrogen-bond donors (Lipinski definition) is 0. The maximum atomic E-state index is 14.3. The largest absolute Gasteiger partial charge is 0.444 e. The van der Waals surface area contributed by atoms with E-state index in [1.54, 1.807) is 43.9 Å². The highest BCUT2D eigenvalue weighted by molar-refractivity contribution is 5.68. The molecule has 0 unspecified atom stereocenters. The number of amides is 1. The van der Waals surface area contributed by atoms with E-state index in [0.717, 1.165) is 24.3 Å². The van der Waals surface area contributed by atoms with E-state index >= 15 is 0 Å². The van der Waals surface area contributed by atoms with Crippen molar-refractivity contribution in [2.75, 3.05) is 19.7 Å². The zero-order valence-corrected chi connectivity index (χ0v) is 23.5. The fourth-order valence-corrected chi connectivity index (χ4v) is 4.99. The predicted octanol–water partition coefficient (Wildman–Crippen LogP) is 8.01. The summed E-state index contributed by atoms with van der Waals surface area (Å²) in [7, 11) is 0. The SMILES string of the molecule is CC(C)(C)OC(=O)N1CCC(COCc2cc(-c3ccc(C#N)cc3)cc(C(F)(F)F)c2)(c2ccc(F)c(F)c2)CC1. The van der Waals surface area contributed by atoms with Gasteiger partial charge in [-0.2, -0.15) is 18.4 Å². The Balaban J connectivity index is 1.57. The Bertz CT molecular complexity index is 1470. The molecule has 0 aliphatic carbocycles. The van der Waals surface area contributed by atoms with Gasteiger partial charge in [-0.05, 0) is 98.3 Å². The van der Waals surface area contributed by atoms with Crippen molar-refractivity contribution < 1.29 is 36.2 Å². The van der Waals surface area contributed by atoms with Crippen molar-refractivity contribution in [3.8, 4) is 17.2 Å². The molecular weight excluding hydrogens is 555 g/mol. The molecule has 1 aliphatic heterocycles. The summed E-state index contributed by atoms with van der Waals surface area (Å²) in [5.74, 6) is -2.02. The number of likely N-dealkylation sites (tertiary alicyclic amines) is 1. The Hall–Kier alpha value is -3.97. The minimum atomic E-state index is -4.60. The number of benzene rings is 3. The van der Waals surface area contributed by atoms with Crippen LogP contribution in [0.4, 0.5) is 26.7 Å². The fourth-order valence-electron chi connectivity index (χ4n) is 4.99. The van der Waals surface area contributed by atoms with E-state index in [1.807, 2.05) is 6.07 Å². The number of carbonyl (C=O) groups is 1. The number of hydrogen-bond acceptors (Lipinski definition) is 4. The van der Waals surface area contributed by atoms with Gasteiger partial charge in [-0.3, -0.25) is 0 Å². The van der Waals surface area contributed by atoms with Crippen LogP contribution in [0.3, 0.4) is 0 Å². The number of rotatable bonds is 6. The average molecular weight is 587 g/mol. The highest BCUT2D eigenvalue weighted by Crippen LogP contribution is 2.38. The first-order chi connectivity index (χ1) is 19.7. The van der Waals surface area contributed by atoms with Gasteiger partial charge in [0.15, 0.2) is 11.6 Å². The molecule has 222 valence electrons. The van der Waals surface area contributed by atoms with Crippen LogP contribution in [0.25, 0.3) is 11.1 Å². The first-order valence-corrected chi connectivity index (χ1v) is 13.4. The topological polar surface area (TPSA) is 62.6 Å². The number of carbonyl (C=O) groups excluding carboxylic acids is 1. The molecule has 10 heteroatoms. The van der Waals surface area contributed by atoms with Gasteiger partial charge in [-0.25, -0.2) is 13.6 Å². The van der Waals surface area contributed by atoms with Gasteiger partial charge in [0.25, 0.3) is 0 Å². The van der Waals surface area contributed by atoms with Crippen LogP contribution in [0.5, 0.6) is 0 Å². The van der Waals surface area contributed by atoms with Crippen molar-refractivity contribution in [3.05, 3.63) is 94.6 Å². The molecule has 1 aliphatic rings. The van der Waals surface area contributed by atoms with Crippen molar-refractivity contribution in [1.82, 2.24) is 4.90 Å². The first kappa shape index (κ1) is 31.0. The van der Waals surface area contributed by atoms with Gasteiger partial charge in [0.1, 0.15) is 5.60 Å². The highest BCUT2D eigenvalue weighted by atomic mass is 19.4. The summed E-state index contributed by atoms with van der Waals surface area (Å²) in [6.07, 6.45) is -4.40. The Kier molecular flexibility index (Phi) is 8.92. The van der Waals surface area contributed by atoms with Crippen LogP contribution in [-0.4, -0.2) is 36.3 Å². The number of ether oxygens (including phenoxy) is 2. The van der Waals surface area contributed by atoms with Crippen molar-refractivity contribution in [1.29, 1.82) is 5.26 Å². The van der Waals surface area contributed by atoms with Gasteiger partial charge < -0.3 is 14.4 Å². The molecule has 0 bridgehead atoms. The standard InChI is InChI=1S/C32H31F5N2O3/c1-30(2,3)42-29(40)39-12-10-31(11-13-39,25-8-9-27(33)28(34)17-25)20-41-19-22-14-24(16-26(15-22)32(35,36)37)23-6-4-21(18-38)5-7-23/h4-9,14-17H,10-13,19-20H2,1-3H3. The second-order valence-electron chi connectivity index (χ2n) is 11.5. The van der Waals surface area contributed by atoms with E-state index in [-0.39, 0.29) is 31.9 Å². The number of piperidine rings is 1. The molecule has 0 atom stereocenters. The quantitative estimate of drug-likeness (QED) is 0.275. The highest BCUT2D eigenvalue weighted by Gasteiger charge is 2.39. The molecule has 4 rings (SSSR count). The van der Waals surface area contributed by atoms with Gasteiger partial charge in [0.2, 0.25) is 0 Å². The van der Waals surface area contributed by atoms with Gasteiger partial charge in [-0.1, -0.05) is 18.2 Å². The van der Waals surface area contributed by atoms with Crippen molar-refractivity contribution in [2.24, 2.45) is 0 Å². The molecule has 0 aromatic heterocycles. The summed E-state index contributed by atoms with van der Waals surface area (Å²) < 4.78 is 80.8. The minimum absolute atomic E-state index is 0.00265. The molecule has 1 fully saturated rings. The summed E-state index contributed by atoms with van der Waals surface area (Å²) >= 11 is 0. The van der Waals surface area contributed by atoms with Crippen LogP contribution >= 0.6 is 0 Å². The molecule has 0 spiro atoms. The molecular formula is C32H31F5N2O3. The molecule has 0 saturated carbocycles. The molecule has 1 amide bonds. The van der Waals surface area contributed by atoms with E-state index in [4.69, 9.17) is 14.7 Å². The van der Waals surface area contributed by atoms with Gasteiger partial charge in [0, 0.05) is 18.5 Å². The maximum Gasteiger partial charge on any atom is 0.416 e. The molecule has 1 saturated heterocycles. The van der Waals surface area contributed by atoms with E-state index in [0.29, 0.717) is 35.1 Å². The summed E-state index contributed by atoms with van der Waals surface area (Å²) in [6.45, 7) is 5.64. The molecule has 42 heavy (non-hydrogen) atoms. The fraction of sp³-hybridized carbons (Fsp3) is 0.375. The van der Waals surface area contributed by atoms with Crippen LogP contribution in [0, 0.1) is 23.0 Å². The van der Waals surface area contributed by atoms with Crippen molar-refractivity contribution in [2.45, 2.75) is 57.4 Å². The van der Waals surface area contributed by atoms with Crippen LogP contribution in [-0.2, 0) is 27.7 Å². The third-order valence-electron chi connectivity index (χ3n) is 7.22. The molecule has 0 radical (unpaired) electrons. The molecule has 0 N–H and O–H groups in total. The Morgan fingerprint density at radius 2 is 1.60 bits per heavy atom. The molecule has 5 nitrogen and oxygen atoms in total. The van der Waals surface area contributed by atoms with E-state index in [2.05, 4.69) is 0 Å². The Morgan fingerprint density at radius 1 is 0.929 bits per heavy atom. The normalized spacial score (nSPS) is 15.3. The summed E-state index contributed by atoms with van der Waals surface area (Å²) in [6, 6.07) is 15.5. The van der Waals surface area contributed by atoms with Crippen molar-refractivity contribution >= 4 is 6.09 Å². The van der Waals surface area contributed by atoms with Crippen LogP contribution in [0.2, 0.25) is 0 Å². The average Bonchev–Trinajstić information content (AvgIpc) is 2.93. The molecule has 3 aromatic carbocycles. The third kappa shape index (κ3) is 7.45. The van der Waals surface area contributed by atoms with E-state index < -0.39 is 40.5 Å². The maximum absolute atomic E-state index is 14.3. The summed E-state index contributed by atoms with van der Waals surface area (Å²) in [5, 5.41) is 9.04. The Labute approximate surface area is 241 Å².